The molecule has 1 fully saturated rings. The van der Waals surface area contributed by atoms with Gasteiger partial charge in [-0.2, -0.15) is 5.10 Å². The highest BCUT2D eigenvalue weighted by Crippen LogP contribution is 2.15. The van der Waals surface area contributed by atoms with Crippen molar-refractivity contribution < 1.29 is 0 Å². The molecule has 2 heterocycles. The molecule has 1 aromatic rings. The van der Waals surface area contributed by atoms with Gasteiger partial charge in [-0.25, -0.2) is 4.98 Å². The lowest BCUT2D eigenvalue weighted by molar-refractivity contribution is 0.0935. The molecule has 2 rings (SSSR count). The zero-order valence-electron chi connectivity index (χ0n) is 7.85. The normalized spacial score (nSPS) is 18.9. The number of likely N-dealkylation sites (tertiary alicyclic amines) is 1. The lowest BCUT2D eigenvalue weighted by atomic mass is 10.0. The van der Waals surface area contributed by atoms with E-state index in [0.29, 0.717) is 5.92 Å². The highest BCUT2D eigenvalue weighted by Gasteiger charge is 2.25. The minimum Gasteiger partial charge on any atom is -0.330 e. The molecule has 5 heteroatoms. The molecule has 1 aliphatic heterocycles. The Hall–Kier alpha value is -0.940. The molecular weight excluding hydrogens is 166 g/mol. The second kappa shape index (κ2) is 3.43. The molecular formula is C8H15N5. The van der Waals surface area contributed by atoms with Crippen LogP contribution in [-0.4, -0.2) is 39.3 Å². The summed E-state index contributed by atoms with van der Waals surface area (Å²) in [5.41, 5.74) is 5.54. The van der Waals surface area contributed by atoms with Crippen LogP contribution in [0, 0.1) is 5.92 Å². The highest BCUT2D eigenvalue weighted by atomic mass is 15.3. The van der Waals surface area contributed by atoms with Crippen molar-refractivity contribution in [1.29, 1.82) is 0 Å². The second-order valence-corrected chi connectivity index (χ2v) is 3.60. The molecule has 0 bridgehead atoms. The molecule has 1 aliphatic rings. The van der Waals surface area contributed by atoms with E-state index in [9.17, 15) is 0 Å². The summed E-state index contributed by atoms with van der Waals surface area (Å²) < 4.78 is 1.82. The average Bonchev–Trinajstić information content (AvgIpc) is 2.43. The number of aryl methyl sites for hydroxylation is 1. The van der Waals surface area contributed by atoms with Crippen LogP contribution in [-0.2, 0) is 13.6 Å². The smallest absolute Gasteiger partial charge is 0.140 e. The van der Waals surface area contributed by atoms with Crippen LogP contribution in [0.15, 0.2) is 6.33 Å². The van der Waals surface area contributed by atoms with Crippen molar-refractivity contribution >= 4 is 0 Å². The summed E-state index contributed by atoms with van der Waals surface area (Å²) in [5, 5.41) is 4.02. The van der Waals surface area contributed by atoms with Crippen LogP contribution in [0.4, 0.5) is 0 Å². The third-order valence-electron chi connectivity index (χ3n) is 2.54. The summed E-state index contributed by atoms with van der Waals surface area (Å²) >= 11 is 0. The third kappa shape index (κ3) is 1.71. The third-order valence-corrected chi connectivity index (χ3v) is 2.54. The molecule has 1 saturated heterocycles. The summed E-state index contributed by atoms with van der Waals surface area (Å²) in [6.45, 7) is 3.90. The van der Waals surface area contributed by atoms with Crippen molar-refractivity contribution in [2.75, 3.05) is 19.6 Å². The van der Waals surface area contributed by atoms with Crippen molar-refractivity contribution in [2.45, 2.75) is 6.54 Å². The Bertz CT molecular complexity index is 276. The lowest BCUT2D eigenvalue weighted by Crippen LogP contribution is -2.49. The summed E-state index contributed by atoms with van der Waals surface area (Å²) in [4.78, 5) is 6.50. The summed E-state index contributed by atoms with van der Waals surface area (Å²) in [7, 11) is 1.92. The topological polar surface area (TPSA) is 60.0 Å². The van der Waals surface area contributed by atoms with Gasteiger partial charge in [0.25, 0.3) is 0 Å². The van der Waals surface area contributed by atoms with Crippen molar-refractivity contribution in [1.82, 2.24) is 19.7 Å². The monoisotopic (exact) mass is 181 g/mol. The standard InChI is InChI=1S/C8H15N5/c1-12-8(10-6-11-12)5-13-3-7(2-9)4-13/h6-7H,2-5,9H2,1H3. The average molecular weight is 181 g/mol. The van der Waals surface area contributed by atoms with Crippen molar-refractivity contribution in [3.05, 3.63) is 12.2 Å². The Labute approximate surface area is 77.5 Å². The van der Waals surface area contributed by atoms with E-state index < -0.39 is 0 Å². The van der Waals surface area contributed by atoms with Gasteiger partial charge >= 0.3 is 0 Å². The van der Waals surface area contributed by atoms with Crippen molar-refractivity contribution in [3.8, 4) is 0 Å². The van der Waals surface area contributed by atoms with Crippen LogP contribution in [0.2, 0.25) is 0 Å². The maximum atomic E-state index is 5.54. The van der Waals surface area contributed by atoms with Gasteiger partial charge in [0.15, 0.2) is 0 Å². The maximum absolute atomic E-state index is 5.54. The molecule has 72 valence electrons. The fourth-order valence-electron chi connectivity index (χ4n) is 1.62. The first kappa shape index (κ1) is 8.65. The lowest BCUT2D eigenvalue weighted by Gasteiger charge is -2.38. The minimum atomic E-state index is 0.688. The summed E-state index contributed by atoms with van der Waals surface area (Å²) in [5.74, 6) is 1.71. The second-order valence-electron chi connectivity index (χ2n) is 3.60. The largest absolute Gasteiger partial charge is 0.330 e. The number of rotatable bonds is 3. The Balaban J connectivity index is 1.84. The Morgan fingerprint density at radius 3 is 2.92 bits per heavy atom. The van der Waals surface area contributed by atoms with Crippen LogP contribution < -0.4 is 5.73 Å². The molecule has 2 N–H and O–H groups in total. The fourth-order valence-corrected chi connectivity index (χ4v) is 1.62. The van der Waals surface area contributed by atoms with Gasteiger partial charge in [0.2, 0.25) is 0 Å². The van der Waals surface area contributed by atoms with Gasteiger partial charge in [0.1, 0.15) is 12.2 Å². The van der Waals surface area contributed by atoms with E-state index in [0.717, 1.165) is 32.0 Å². The Kier molecular flexibility index (Phi) is 2.28. The van der Waals surface area contributed by atoms with Crippen molar-refractivity contribution in [2.24, 2.45) is 18.7 Å². The zero-order chi connectivity index (χ0) is 9.26. The van der Waals surface area contributed by atoms with E-state index in [2.05, 4.69) is 15.0 Å². The Morgan fingerprint density at radius 2 is 2.38 bits per heavy atom. The first-order chi connectivity index (χ1) is 6.29. The molecule has 5 nitrogen and oxygen atoms in total. The van der Waals surface area contributed by atoms with Crippen molar-refractivity contribution in [3.63, 3.8) is 0 Å². The van der Waals surface area contributed by atoms with E-state index >= 15 is 0 Å². The van der Waals surface area contributed by atoms with Gasteiger partial charge in [-0.05, 0) is 12.5 Å². The molecule has 1 aromatic heterocycles. The van der Waals surface area contributed by atoms with E-state index in [-0.39, 0.29) is 0 Å². The first-order valence-corrected chi connectivity index (χ1v) is 4.55. The molecule has 0 aliphatic carbocycles. The van der Waals surface area contributed by atoms with E-state index in [1.165, 1.54) is 0 Å². The highest BCUT2D eigenvalue weighted by molar-refractivity contribution is 4.88. The number of aromatic nitrogens is 3. The van der Waals surface area contributed by atoms with Crippen LogP contribution in [0.1, 0.15) is 5.82 Å². The summed E-state index contributed by atoms with van der Waals surface area (Å²) in [6, 6.07) is 0. The van der Waals surface area contributed by atoms with E-state index in [1.54, 1.807) is 6.33 Å². The number of nitrogens with zero attached hydrogens (tertiary/aromatic N) is 4. The Morgan fingerprint density at radius 1 is 1.62 bits per heavy atom. The predicted octanol–water partition coefficient (Wildman–Crippen LogP) is -0.794. The van der Waals surface area contributed by atoms with Crippen LogP contribution >= 0.6 is 0 Å². The predicted molar refractivity (Wildman–Crippen MR) is 48.8 cm³/mol. The summed E-state index contributed by atoms with van der Waals surface area (Å²) in [6.07, 6.45) is 1.59. The van der Waals surface area contributed by atoms with Crippen LogP contribution in [0.25, 0.3) is 0 Å². The van der Waals surface area contributed by atoms with Crippen LogP contribution in [0.5, 0.6) is 0 Å². The first-order valence-electron chi connectivity index (χ1n) is 4.55. The molecule has 0 aromatic carbocycles. The number of hydrogen-bond acceptors (Lipinski definition) is 4. The van der Waals surface area contributed by atoms with Gasteiger partial charge in [-0.3, -0.25) is 9.58 Å². The molecule has 0 saturated carbocycles. The number of hydrogen-bond donors (Lipinski definition) is 1. The molecule has 0 unspecified atom stereocenters. The number of nitrogens with two attached hydrogens (primary N) is 1. The molecule has 0 atom stereocenters. The molecule has 0 spiro atoms. The molecule has 13 heavy (non-hydrogen) atoms. The maximum Gasteiger partial charge on any atom is 0.140 e. The fraction of sp³-hybridized carbons (Fsp3) is 0.750. The van der Waals surface area contributed by atoms with Gasteiger partial charge in [0.05, 0.1) is 6.54 Å². The van der Waals surface area contributed by atoms with Crippen LogP contribution in [0.3, 0.4) is 0 Å². The minimum absolute atomic E-state index is 0.688. The van der Waals surface area contributed by atoms with Gasteiger partial charge in [-0.1, -0.05) is 0 Å². The SMILES string of the molecule is Cn1ncnc1CN1CC(CN)C1. The quantitative estimate of drug-likeness (QED) is 0.663. The molecule has 0 amide bonds. The van der Waals surface area contributed by atoms with E-state index in [1.807, 2.05) is 11.7 Å². The van der Waals surface area contributed by atoms with Gasteiger partial charge < -0.3 is 5.73 Å². The van der Waals surface area contributed by atoms with Gasteiger partial charge in [-0.15, -0.1) is 0 Å². The molecule has 0 radical (unpaired) electrons. The zero-order valence-corrected chi connectivity index (χ0v) is 7.85. The van der Waals surface area contributed by atoms with E-state index in [4.69, 9.17) is 5.73 Å². The van der Waals surface area contributed by atoms with Gasteiger partial charge in [0, 0.05) is 20.1 Å².